The summed E-state index contributed by atoms with van der Waals surface area (Å²) in [5, 5.41) is 0. The summed E-state index contributed by atoms with van der Waals surface area (Å²) in [7, 11) is -2.41. The molecule has 1 aromatic carbocycles. The topological polar surface area (TPSA) is 60.4 Å². The Kier molecular flexibility index (Phi) is 4.90. The van der Waals surface area contributed by atoms with Crippen LogP contribution in [-0.4, -0.2) is 27.8 Å². The third-order valence-electron chi connectivity index (χ3n) is 4.36. The Morgan fingerprint density at radius 3 is 2.32 bits per heavy atom. The molecule has 0 bridgehead atoms. The summed E-state index contributed by atoms with van der Waals surface area (Å²) in [6.45, 7) is 2.16. The number of esters is 1. The Labute approximate surface area is 130 Å². The number of rotatable bonds is 3. The smallest absolute Gasteiger partial charge is 0.340 e. The SMILES string of the molecule is COC(=O)c1cc(S(C)(=O)=O)c(C2CCC(C)CC2)cc1F. The first-order chi connectivity index (χ1) is 10.2. The van der Waals surface area contributed by atoms with Gasteiger partial charge in [0.15, 0.2) is 9.84 Å². The van der Waals surface area contributed by atoms with E-state index in [0.717, 1.165) is 45.1 Å². The first-order valence-corrected chi connectivity index (χ1v) is 9.25. The minimum Gasteiger partial charge on any atom is -0.465 e. The number of sulfone groups is 1. The minimum atomic E-state index is -3.55. The van der Waals surface area contributed by atoms with Crippen LogP contribution in [-0.2, 0) is 14.6 Å². The minimum absolute atomic E-state index is 0.0159. The van der Waals surface area contributed by atoms with Gasteiger partial charge in [-0.3, -0.25) is 0 Å². The fourth-order valence-corrected chi connectivity index (χ4v) is 4.03. The third-order valence-corrected chi connectivity index (χ3v) is 5.51. The number of carbonyl (C=O) groups is 1. The molecule has 0 atom stereocenters. The highest BCUT2D eigenvalue weighted by atomic mass is 32.2. The number of benzene rings is 1. The van der Waals surface area contributed by atoms with E-state index in [0.29, 0.717) is 11.5 Å². The Morgan fingerprint density at radius 1 is 1.23 bits per heavy atom. The number of carbonyl (C=O) groups excluding carboxylic acids is 1. The molecule has 2 rings (SSSR count). The van der Waals surface area contributed by atoms with E-state index < -0.39 is 21.6 Å². The van der Waals surface area contributed by atoms with Crippen LogP contribution >= 0.6 is 0 Å². The molecule has 22 heavy (non-hydrogen) atoms. The van der Waals surface area contributed by atoms with E-state index >= 15 is 0 Å². The van der Waals surface area contributed by atoms with Gasteiger partial charge in [0.2, 0.25) is 0 Å². The highest BCUT2D eigenvalue weighted by molar-refractivity contribution is 7.90. The van der Waals surface area contributed by atoms with Crippen molar-refractivity contribution in [3.05, 3.63) is 29.1 Å². The van der Waals surface area contributed by atoms with Crippen molar-refractivity contribution in [1.29, 1.82) is 0 Å². The predicted molar refractivity (Wildman–Crippen MR) is 81.2 cm³/mol. The second kappa shape index (κ2) is 6.36. The Bertz CT molecular complexity index is 674. The molecule has 0 heterocycles. The molecule has 1 aromatic rings. The number of halogens is 1. The van der Waals surface area contributed by atoms with E-state index in [4.69, 9.17) is 0 Å². The Balaban J connectivity index is 2.53. The van der Waals surface area contributed by atoms with Crippen molar-refractivity contribution in [2.45, 2.75) is 43.4 Å². The molecule has 122 valence electrons. The van der Waals surface area contributed by atoms with Gasteiger partial charge in [0.1, 0.15) is 5.82 Å². The number of methoxy groups -OCH3 is 1. The highest BCUT2D eigenvalue weighted by Gasteiger charge is 2.28. The van der Waals surface area contributed by atoms with Crippen molar-refractivity contribution in [2.75, 3.05) is 13.4 Å². The van der Waals surface area contributed by atoms with E-state index in [1.165, 1.54) is 6.07 Å². The Hall–Kier alpha value is -1.43. The molecule has 1 fully saturated rings. The zero-order valence-corrected chi connectivity index (χ0v) is 13.9. The van der Waals surface area contributed by atoms with Crippen LogP contribution in [0.4, 0.5) is 4.39 Å². The van der Waals surface area contributed by atoms with Gasteiger partial charge in [-0.05, 0) is 42.4 Å². The predicted octanol–water partition coefficient (Wildman–Crippen LogP) is 3.31. The van der Waals surface area contributed by atoms with Gasteiger partial charge >= 0.3 is 5.97 Å². The van der Waals surface area contributed by atoms with Crippen LogP contribution in [0.1, 0.15) is 54.4 Å². The molecule has 1 aliphatic rings. The number of hydrogen-bond acceptors (Lipinski definition) is 4. The van der Waals surface area contributed by atoms with E-state index in [1.807, 2.05) is 0 Å². The second-order valence-corrected chi connectivity index (χ2v) is 8.07. The van der Waals surface area contributed by atoms with Gasteiger partial charge < -0.3 is 4.74 Å². The molecule has 6 heteroatoms. The van der Waals surface area contributed by atoms with Crippen LogP contribution in [0.15, 0.2) is 17.0 Å². The van der Waals surface area contributed by atoms with Crippen molar-refractivity contribution in [2.24, 2.45) is 5.92 Å². The van der Waals surface area contributed by atoms with Crippen LogP contribution in [0.2, 0.25) is 0 Å². The van der Waals surface area contributed by atoms with Crippen molar-refractivity contribution >= 4 is 15.8 Å². The van der Waals surface area contributed by atoms with Crippen LogP contribution in [0.25, 0.3) is 0 Å². The molecule has 0 N–H and O–H groups in total. The van der Waals surface area contributed by atoms with Crippen molar-refractivity contribution in [1.82, 2.24) is 0 Å². The maximum atomic E-state index is 14.2. The monoisotopic (exact) mass is 328 g/mol. The molecule has 0 aromatic heterocycles. The zero-order valence-electron chi connectivity index (χ0n) is 13.1. The Morgan fingerprint density at radius 2 is 1.82 bits per heavy atom. The van der Waals surface area contributed by atoms with Crippen LogP contribution in [0.3, 0.4) is 0 Å². The fraction of sp³-hybridized carbons (Fsp3) is 0.562. The molecule has 0 unspecified atom stereocenters. The van der Waals surface area contributed by atoms with Crippen LogP contribution in [0, 0.1) is 11.7 Å². The van der Waals surface area contributed by atoms with Crippen molar-refractivity contribution in [3.8, 4) is 0 Å². The molecule has 0 aliphatic heterocycles. The lowest BCUT2D eigenvalue weighted by Gasteiger charge is -2.28. The van der Waals surface area contributed by atoms with Gasteiger partial charge in [0.25, 0.3) is 0 Å². The van der Waals surface area contributed by atoms with E-state index in [9.17, 15) is 17.6 Å². The van der Waals surface area contributed by atoms with Crippen LogP contribution in [0.5, 0.6) is 0 Å². The third kappa shape index (κ3) is 3.48. The van der Waals surface area contributed by atoms with E-state index in [1.54, 1.807) is 0 Å². The highest BCUT2D eigenvalue weighted by Crippen LogP contribution is 2.39. The average Bonchev–Trinajstić information content (AvgIpc) is 2.45. The maximum Gasteiger partial charge on any atom is 0.340 e. The van der Waals surface area contributed by atoms with Gasteiger partial charge in [0, 0.05) is 6.26 Å². The number of ether oxygens (including phenoxy) is 1. The summed E-state index contributed by atoms with van der Waals surface area (Å²) in [5.74, 6) is -0.974. The molecule has 1 saturated carbocycles. The van der Waals surface area contributed by atoms with Gasteiger partial charge in [-0.2, -0.15) is 0 Å². The fourth-order valence-electron chi connectivity index (χ4n) is 3.05. The van der Waals surface area contributed by atoms with Gasteiger partial charge in [-0.1, -0.05) is 19.8 Å². The largest absolute Gasteiger partial charge is 0.465 e. The van der Waals surface area contributed by atoms with Crippen molar-refractivity contribution in [3.63, 3.8) is 0 Å². The maximum absolute atomic E-state index is 14.2. The molecule has 1 aliphatic carbocycles. The summed E-state index contributed by atoms with van der Waals surface area (Å²) in [5.41, 5.74) is 0.149. The summed E-state index contributed by atoms with van der Waals surface area (Å²) >= 11 is 0. The van der Waals surface area contributed by atoms with Crippen molar-refractivity contribution < 1.29 is 22.3 Å². The summed E-state index contributed by atoms with van der Waals surface area (Å²) < 4.78 is 42.8. The molecule has 4 nitrogen and oxygen atoms in total. The molecule has 0 saturated heterocycles. The lowest BCUT2D eigenvalue weighted by molar-refractivity contribution is 0.0595. The lowest BCUT2D eigenvalue weighted by Crippen LogP contribution is -2.16. The van der Waals surface area contributed by atoms with E-state index in [-0.39, 0.29) is 16.4 Å². The first kappa shape index (κ1) is 16.9. The lowest BCUT2D eigenvalue weighted by atomic mass is 9.79. The van der Waals surface area contributed by atoms with Crippen LogP contribution < -0.4 is 0 Å². The summed E-state index contributed by atoms with van der Waals surface area (Å²) in [4.78, 5) is 11.6. The quantitative estimate of drug-likeness (QED) is 0.631. The molecule has 0 radical (unpaired) electrons. The van der Waals surface area contributed by atoms with Gasteiger partial charge in [-0.15, -0.1) is 0 Å². The molecular formula is C16H21FO4S. The number of hydrogen-bond donors (Lipinski definition) is 0. The molecule has 0 spiro atoms. The molecule has 0 amide bonds. The normalized spacial score (nSPS) is 22.4. The van der Waals surface area contributed by atoms with Gasteiger partial charge in [-0.25, -0.2) is 17.6 Å². The summed E-state index contributed by atoms with van der Waals surface area (Å²) in [6, 6.07) is 2.31. The standard InChI is InChI=1S/C16H21FO4S/c1-10-4-6-11(7-5-10)12-8-14(17)13(16(18)21-2)9-15(12)22(3,19)20/h8-11H,4-7H2,1-3H3. The second-order valence-electron chi connectivity index (χ2n) is 6.09. The van der Waals surface area contributed by atoms with E-state index in [2.05, 4.69) is 11.7 Å². The zero-order chi connectivity index (χ0) is 16.5. The average molecular weight is 328 g/mol. The van der Waals surface area contributed by atoms with Gasteiger partial charge in [0.05, 0.1) is 17.6 Å². The molecular weight excluding hydrogens is 307 g/mol. The first-order valence-electron chi connectivity index (χ1n) is 7.35. The summed E-state index contributed by atoms with van der Waals surface area (Å²) in [6.07, 6.45) is 4.74.